The summed E-state index contributed by atoms with van der Waals surface area (Å²) in [6.07, 6.45) is 12.2. The van der Waals surface area contributed by atoms with E-state index in [-0.39, 0.29) is 12.5 Å². The topological polar surface area (TPSA) is 66.4 Å². The van der Waals surface area contributed by atoms with Gasteiger partial charge in [0, 0.05) is 5.97 Å². The Kier molecular flexibility index (Phi) is 5.76. The van der Waals surface area contributed by atoms with Crippen LogP contribution in [-0.4, -0.2) is 18.5 Å². The zero-order valence-electron chi connectivity index (χ0n) is 18.5. The Morgan fingerprint density at radius 3 is 2.52 bits per heavy atom. The van der Waals surface area contributed by atoms with Crippen molar-refractivity contribution >= 4 is 12.4 Å². The predicted octanol–water partition coefficient (Wildman–Crippen LogP) is 4.35. The Morgan fingerprint density at radius 2 is 1.79 bits per heavy atom. The van der Waals surface area contributed by atoms with Crippen molar-refractivity contribution in [1.29, 1.82) is 0 Å². The van der Waals surface area contributed by atoms with Crippen molar-refractivity contribution in [1.82, 2.24) is 0 Å². The number of carbonyl (C=O) groups is 2. The smallest absolute Gasteiger partial charge is 0.293 e. The molecule has 4 aliphatic carbocycles. The molecule has 0 bridgehead atoms. The van der Waals surface area contributed by atoms with Gasteiger partial charge in [-0.1, -0.05) is 20.8 Å². The Morgan fingerprint density at radius 1 is 1.07 bits per heavy atom. The largest absolute Gasteiger partial charge is 0.550 e. The van der Waals surface area contributed by atoms with Crippen LogP contribution in [0.3, 0.4) is 0 Å². The molecule has 4 saturated carbocycles. The van der Waals surface area contributed by atoms with Gasteiger partial charge in [0.25, 0.3) is 6.47 Å². The van der Waals surface area contributed by atoms with Gasteiger partial charge in [-0.25, -0.2) is 0 Å². The summed E-state index contributed by atoms with van der Waals surface area (Å²) in [6.45, 7) is 8.00. The maximum Gasteiger partial charge on any atom is 0.293 e. The highest BCUT2D eigenvalue weighted by atomic mass is 16.5. The maximum atomic E-state index is 11.0. The zero-order valence-corrected chi connectivity index (χ0v) is 18.5. The quantitative estimate of drug-likeness (QED) is 0.618. The number of rotatable bonds is 6. The molecule has 29 heavy (non-hydrogen) atoms. The van der Waals surface area contributed by atoms with E-state index in [4.69, 9.17) is 4.74 Å². The van der Waals surface area contributed by atoms with E-state index in [1.54, 1.807) is 0 Å². The summed E-state index contributed by atoms with van der Waals surface area (Å²) < 4.78 is 5.35. The van der Waals surface area contributed by atoms with E-state index >= 15 is 0 Å². The van der Waals surface area contributed by atoms with Gasteiger partial charge in [0.2, 0.25) is 0 Å². The van der Waals surface area contributed by atoms with E-state index < -0.39 is 5.97 Å². The van der Waals surface area contributed by atoms with Crippen LogP contribution in [0.25, 0.3) is 0 Å². The molecule has 9 atom stereocenters. The normalized spacial score (nSPS) is 47.4. The second-order valence-electron chi connectivity index (χ2n) is 11.4. The predicted molar refractivity (Wildman–Crippen MR) is 110 cm³/mol. The minimum Gasteiger partial charge on any atom is -0.550 e. The van der Waals surface area contributed by atoms with E-state index in [0.717, 1.165) is 37.0 Å². The summed E-state index contributed by atoms with van der Waals surface area (Å²) in [5, 5.41) is 11.0. The molecule has 4 fully saturated rings. The van der Waals surface area contributed by atoms with Gasteiger partial charge < -0.3 is 14.6 Å². The monoisotopic (exact) mass is 403 g/mol. The first-order valence-electron chi connectivity index (χ1n) is 12.1. The van der Waals surface area contributed by atoms with Gasteiger partial charge in [0.15, 0.2) is 0 Å². The third-order valence-electron chi connectivity index (χ3n) is 10.4. The SMILES string of the molecule is C[C@H](CCC(=O)[O-])[C@H]1CC[C@H]2[C@H]3CC[C@@H]4C[C@H](OC=O)CC[C@]4(C)[C@@H]3CC[C@]12C. The number of hydrogen-bond donors (Lipinski definition) is 0. The van der Waals surface area contributed by atoms with Crippen LogP contribution >= 0.6 is 0 Å². The fraction of sp³-hybridized carbons (Fsp3) is 0.920. The van der Waals surface area contributed by atoms with Crippen molar-refractivity contribution in [2.75, 3.05) is 0 Å². The van der Waals surface area contributed by atoms with Gasteiger partial charge in [-0.2, -0.15) is 0 Å². The van der Waals surface area contributed by atoms with Crippen LogP contribution in [0, 0.1) is 46.3 Å². The molecule has 0 N–H and O–H groups in total. The van der Waals surface area contributed by atoms with Crippen molar-refractivity contribution in [3.8, 4) is 0 Å². The molecule has 4 rings (SSSR count). The van der Waals surface area contributed by atoms with Crippen LogP contribution in [0.2, 0.25) is 0 Å². The average Bonchev–Trinajstić information content (AvgIpc) is 3.04. The van der Waals surface area contributed by atoms with Crippen LogP contribution in [0.1, 0.15) is 91.4 Å². The number of hydrogen-bond acceptors (Lipinski definition) is 4. The maximum absolute atomic E-state index is 11.0. The molecule has 4 nitrogen and oxygen atoms in total. The molecule has 0 aromatic carbocycles. The highest BCUT2D eigenvalue weighted by Gasteiger charge is 2.60. The number of aliphatic carboxylic acids is 1. The summed E-state index contributed by atoms with van der Waals surface area (Å²) in [6, 6.07) is 0. The van der Waals surface area contributed by atoms with Crippen LogP contribution in [-0.2, 0) is 14.3 Å². The van der Waals surface area contributed by atoms with Crippen LogP contribution in [0.4, 0.5) is 0 Å². The molecule has 0 heterocycles. The molecule has 0 radical (unpaired) electrons. The molecule has 0 amide bonds. The van der Waals surface area contributed by atoms with Crippen molar-refractivity contribution in [2.45, 2.75) is 97.5 Å². The molecule has 0 aromatic heterocycles. The van der Waals surface area contributed by atoms with E-state index in [9.17, 15) is 14.7 Å². The van der Waals surface area contributed by atoms with E-state index in [1.807, 2.05) is 0 Å². The van der Waals surface area contributed by atoms with Gasteiger partial charge in [-0.05, 0) is 117 Å². The Balaban J connectivity index is 1.48. The lowest BCUT2D eigenvalue weighted by Gasteiger charge is -2.61. The first-order chi connectivity index (χ1) is 13.8. The van der Waals surface area contributed by atoms with E-state index in [1.165, 1.54) is 44.9 Å². The molecule has 4 heteroatoms. The van der Waals surface area contributed by atoms with Gasteiger partial charge in [-0.3, -0.25) is 4.79 Å². The summed E-state index contributed by atoms with van der Waals surface area (Å²) in [4.78, 5) is 21.8. The molecule has 0 saturated heterocycles. The standard InChI is InChI=1S/C25H40O4/c1-16(4-9-23(27)28)20-7-8-21-19-6-5-17-14-18(29-15-26)10-12-24(17,2)22(19)11-13-25(20,21)3/h15-22H,4-14H2,1-3H3,(H,27,28)/p-1/t16-,17-,18-,19-,20-,21+,22-,24+,25-/m1/s1. The molecule has 0 aromatic rings. The summed E-state index contributed by atoms with van der Waals surface area (Å²) in [5.74, 6) is 3.38. The van der Waals surface area contributed by atoms with Crippen molar-refractivity contribution in [2.24, 2.45) is 46.3 Å². The van der Waals surface area contributed by atoms with Gasteiger partial charge >= 0.3 is 0 Å². The van der Waals surface area contributed by atoms with Crippen molar-refractivity contribution in [3.05, 3.63) is 0 Å². The fourth-order valence-electron chi connectivity index (χ4n) is 8.94. The second kappa shape index (κ2) is 7.89. The lowest BCUT2D eigenvalue weighted by Crippen LogP contribution is -2.54. The molecular formula is C25H39O4-. The minimum atomic E-state index is -0.902. The number of carboxylic acid groups (broad SMARTS) is 1. The zero-order chi connectivity index (χ0) is 20.8. The van der Waals surface area contributed by atoms with Gasteiger partial charge in [-0.15, -0.1) is 0 Å². The number of carbonyl (C=O) groups excluding carboxylic acids is 2. The van der Waals surface area contributed by atoms with E-state index in [0.29, 0.717) is 35.1 Å². The highest BCUT2D eigenvalue weighted by molar-refractivity contribution is 5.64. The third-order valence-corrected chi connectivity index (χ3v) is 10.4. The summed E-state index contributed by atoms with van der Waals surface area (Å²) in [7, 11) is 0. The lowest BCUT2D eigenvalue weighted by atomic mass is 9.44. The average molecular weight is 404 g/mol. The third kappa shape index (κ3) is 3.53. The highest BCUT2D eigenvalue weighted by Crippen LogP contribution is 2.68. The molecular weight excluding hydrogens is 364 g/mol. The summed E-state index contributed by atoms with van der Waals surface area (Å²) in [5.41, 5.74) is 0.791. The molecule has 4 aliphatic rings. The van der Waals surface area contributed by atoms with Gasteiger partial charge in [0.1, 0.15) is 6.10 Å². The van der Waals surface area contributed by atoms with Crippen molar-refractivity contribution in [3.63, 3.8) is 0 Å². The van der Waals surface area contributed by atoms with Crippen molar-refractivity contribution < 1.29 is 19.4 Å². The lowest BCUT2D eigenvalue weighted by molar-refractivity contribution is -0.306. The van der Waals surface area contributed by atoms with Crippen LogP contribution in [0.15, 0.2) is 0 Å². The number of ether oxygens (including phenoxy) is 1. The molecule has 164 valence electrons. The van der Waals surface area contributed by atoms with Crippen LogP contribution in [0.5, 0.6) is 0 Å². The molecule has 0 unspecified atom stereocenters. The second-order valence-corrected chi connectivity index (χ2v) is 11.4. The number of carboxylic acids is 1. The van der Waals surface area contributed by atoms with Crippen LogP contribution < -0.4 is 5.11 Å². The Bertz CT molecular complexity index is 632. The first kappa shape index (κ1) is 21.2. The molecule has 0 aliphatic heterocycles. The molecule has 0 spiro atoms. The summed E-state index contributed by atoms with van der Waals surface area (Å²) >= 11 is 0. The number of fused-ring (bicyclic) bond motifs is 5. The first-order valence-corrected chi connectivity index (χ1v) is 12.1. The fourth-order valence-corrected chi connectivity index (χ4v) is 8.94. The minimum absolute atomic E-state index is 0.136. The Hall–Kier alpha value is -1.06. The Labute approximate surface area is 176 Å². The van der Waals surface area contributed by atoms with E-state index in [2.05, 4.69) is 20.8 Å². The van der Waals surface area contributed by atoms with Gasteiger partial charge in [0.05, 0.1) is 0 Å².